The molecule has 3 aromatic rings. The third kappa shape index (κ3) is 4.95. The Morgan fingerprint density at radius 1 is 1.11 bits per heavy atom. The molecule has 0 saturated heterocycles. The second-order valence-corrected chi connectivity index (χ2v) is 7.15. The summed E-state index contributed by atoms with van der Waals surface area (Å²) in [6.07, 6.45) is 5.52. The molecule has 0 unspecified atom stereocenters. The molecular weight excluding hydrogens is 358 g/mol. The number of nitrogens with one attached hydrogen (secondary N) is 1. The van der Waals surface area contributed by atoms with Crippen LogP contribution in [-0.2, 0) is 4.79 Å². The van der Waals surface area contributed by atoms with Crippen LogP contribution in [-0.4, -0.2) is 38.0 Å². The molecule has 3 rings (SSSR count). The van der Waals surface area contributed by atoms with E-state index in [-0.39, 0.29) is 5.91 Å². The van der Waals surface area contributed by atoms with Crippen molar-refractivity contribution in [2.75, 3.05) is 12.3 Å². The van der Waals surface area contributed by atoms with Crippen LogP contribution in [0.4, 0.5) is 0 Å². The minimum atomic E-state index is 0.0115. The van der Waals surface area contributed by atoms with E-state index in [1.807, 2.05) is 28.8 Å². The second-order valence-electron chi connectivity index (χ2n) is 6.21. The number of nitrogens with zero attached hydrogens (tertiary/aromatic N) is 4. The highest BCUT2D eigenvalue weighted by atomic mass is 32.2. The highest BCUT2D eigenvalue weighted by molar-refractivity contribution is 7.99. The number of aryl methyl sites for hydroxylation is 1. The molecule has 140 valence electrons. The number of rotatable bonds is 8. The van der Waals surface area contributed by atoms with E-state index < -0.39 is 0 Å². The second kappa shape index (κ2) is 9.32. The largest absolute Gasteiger partial charge is 0.355 e. The summed E-state index contributed by atoms with van der Waals surface area (Å²) < 4.78 is 1.98. The zero-order valence-electron chi connectivity index (χ0n) is 15.6. The van der Waals surface area contributed by atoms with Crippen molar-refractivity contribution < 1.29 is 4.79 Å². The van der Waals surface area contributed by atoms with E-state index >= 15 is 0 Å². The normalized spacial score (nSPS) is 10.7. The molecule has 7 heteroatoms. The first-order valence-corrected chi connectivity index (χ1v) is 10.00. The van der Waals surface area contributed by atoms with Gasteiger partial charge in [-0.1, -0.05) is 42.8 Å². The Morgan fingerprint density at radius 2 is 1.85 bits per heavy atom. The van der Waals surface area contributed by atoms with Gasteiger partial charge >= 0.3 is 0 Å². The molecule has 1 amide bonds. The van der Waals surface area contributed by atoms with Crippen molar-refractivity contribution in [3.8, 4) is 17.1 Å². The molecular formula is C20H23N5OS. The van der Waals surface area contributed by atoms with Crippen molar-refractivity contribution in [2.45, 2.75) is 31.8 Å². The Labute approximate surface area is 163 Å². The summed E-state index contributed by atoms with van der Waals surface area (Å²) in [4.78, 5) is 16.1. The maximum atomic E-state index is 12.1. The lowest BCUT2D eigenvalue weighted by Crippen LogP contribution is -2.26. The number of unbranched alkanes of at least 4 members (excludes halogenated alkanes) is 1. The van der Waals surface area contributed by atoms with Crippen LogP contribution in [0.2, 0.25) is 0 Å². The molecule has 6 nitrogen and oxygen atoms in total. The van der Waals surface area contributed by atoms with Gasteiger partial charge in [-0.25, -0.2) is 0 Å². The molecule has 0 spiro atoms. The van der Waals surface area contributed by atoms with Gasteiger partial charge in [0.15, 0.2) is 11.0 Å². The van der Waals surface area contributed by atoms with Gasteiger partial charge in [-0.2, -0.15) is 0 Å². The molecule has 0 fully saturated rings. The lowest BCUT2D eigenvalue weighted by atomic mass is 10.2. The number of hydrogen-bond donors (Lipinski definition) is 1. The number of amides is 1. The van der Waals surface area contributed by atoms with Crippen LogP contribution >= 0.6 is 11.8 Å². The number of aromatic nitrogens is 4. The fraction of sp³-hybridized carbons (Fsp3) is 0.300. The molecule has 0 aliphatic heterocycles. The SMILES string of the molecule is CCCCNC(=O)CSc1nnc(-c2ccncc2)n1-c1ccc(C)cc1. The van der Waals surface area contributed by atoms with Crippen molar-refractivity contribution in [3.63, 3.8) is 0 Å². The Balaban J connectivity index is 1.86. The predicted octanol–water partition coefficient (Wildman–Crippen LogP) is 3.65. The first-order chi connectivity index (χ1) is 13.2. The molecule has 2 aromatic heterocycles. The first-order valence-electron chi connectivity index (χ1n) is 9.01. The monoisotopic (exact) mass is 381 g/mol. The number of pyridine rings is 1. The van der Waals surface area contributed by atoms with Crippen LogP contribution in [0.3, 0.4) is 0 Å². The van der Waals surface area contributed by atoms with Crippen LogP contribution in [0.25, 0.3) is 17.1 Å². The van der Waals surface area contributed by atoms with E-state index in [1.54, 1.807) is 12.4 Å². The Bertz CT molecular complexity index is 877. The standard InChI is InChI=1S/C20H23N5OS/c1-3-4-11-22-18(26)14-27-20-24-23-19(16-9-12-21-13-10-16)25(20)17-7-5-15(2)6-8-17/h5-10,12-13H,3-4,11,14H2,1-2H3,(H,22,26). The summed E-state index contributed by atoms with van der Waals surface area (Å²) in [5.41, 5.74) is 3.07. The molecule has 2 heterocycles. The Morgan fingerprint density at radius 3 is 2.56 bits per heavy atom. The molecule has 0 aliphatic rings. The predicted molar refractivity (Wildman–Crippen MR) is 108 cm³/mol. The van der Waals surface area contributed by atoms with E-state index in [2.05, 4.69) is 46.5 Å². The molecule has 0 bridgehead atoms. The fourth-order valence-electron chi connectivity index (χ4n) is 2.56. The highest BCUT2D eigenvalue weighted by Gasteiger charge is 2.17. The highest BCUT2D eigenvalue weighted by Crippen LogP contribution is 2.27. The van der Waals surface area contributed by atoms with Gasteiger partial charge < -0.3 is 5.32 Å². The average molecular weight is 382 g/mol. The number of benzene rings is 1. The smallest absolute Gasteiger partial charge is 0.230 e. The lowest BCUT2D eigenvalue weighted by Gasteiger charge is -2.11. The number of thioether (sulfide) groups is 1. The molecule has 0 radical (unpaired) electrons. The maximum Gasteiger partial charge on any atom is 0.230 e. The van der Waals surface area contributed by atoms with E-state index in [9.17, 15) is 4.79 Å². The van der Waals surface area contributed by atoms with Crippen molar-refractivity contribution in [2.24, 2.45) is 0 Å². The van der Waals surface area contributed by atoms with Gasteiger partial charge in [0.05, 0.1) is 5.75 Å². The zero-order chi connectivity index (χ0) is 19.1. The quantitative estimate of drug-likeness (QED) is 0.476. The topological polar surface area (TPSA) is 72.7 Å². The summed E-state index contributed by atoms with van der Waals surface area (Å²) in [6, 6.07) is 12.0. The van der Waals surface area contributed by atoms with Crippen molar-refractivity contribution in [1.82, 2.24) is 25.1 Å². The van der Waals surface area contributed by atoms with Crippen molar-refractivity contribution in [1.29, 1.82) is 0 Å². The van der Waals surface area contributed by atoms with Gasteiger partial charge in [0, 0.05) is 30.2 Å². The van der Waals surface area contributed by atoms with E-state index in [0.717, 1.165) is 29.9 Å². The van der Waals surface area contributed by atoms with Gasteiger partial charge in [-0.05, 0) is 37.6 Å². The Kier molecular flexibility index (Phi) is 6.59. The third-order valence-corrected chi connectivity index (χ3v) is 4.98. The van der Waals surface area contributed by atoms with Crippen LogP contribution in [0.1, 0.15) is 25.3 Å². The maximum absolute atomic E-state index is 12.1. The molecule has 0 atom stereocenters. The summed E-state index contributed by atoms with van der Waals surface area (Å²) in [5, 5.41) is 12.3. The van der Waals surface area contributed by atoms with Crippen LogP contribution in [0.5, 0.6) is 0 Å². The van der Waals surface area contributed by atoms with Gasteiger partial charge in [0.25, 0.3) is 0 Å². The summed E-state index contributed by atoms with van der Waals surface area (Å²) >= 11 is 1.39. The number of carbonyl (C=O) groups excluding carboxylic acids is 1. The van der Waals surface area contributed by atoms with Gasteiger partial charge in [0.2, 0.25) is 5.91 Å². The molecule has 0 saturated carbocycles. The van der Waals surface area contributed by atoms with Crippen LogP contribution in [0, 0.1) is 6.92 Å². The molecule has 1 N–H and O–H groups in total. The van der Waals surface area contributed by atoms with Crippen molar-refractivity contribution in [3.05, 3.63) is 54.4 Å². The van der Waals surface area contributed by atoms with E-state index in [4.69, 9.17) is 0 Å². The number of hydrogen-bond acceptors (Lipinski definition) is 5. The van der Waals surface area contributed by atoms with Crippen molar-refractivity contribution >= 4 is 17.7 Å². The molecule has 1 aromatic carbocycles. The summed E-state index contributed by atoms with van der Waals surface area (Å²) in [5.74, 6) is 1.05. The molecule has 27 heavy (non-hydrogen) atoms. The van der Waals surface area contributed by atoms with Crippen LogP contribution < -0.4 is 5.32 Å². The number of carbonyl (C=O) groups is 1. The minimum absolute atomic E-state index is 0.0115. The average Bonchev–Trinajstić information content (AvgIpc) is 3.12. The van der Waals surface area contributed by atoms with E-state index in [1.165, 1.54) is 17.3 Å². The Hall–Kier alpha value is -2.67. The van der Waals surface area contributed by atoms with E-state index in [0.29, 0.717) is 17.5 Å². The summed E-state index contributed by atoms with van der Waals surface area (Å²) in [6.45, 7) is 4.87. The van der Waals surface area contributed by atoms with Crippen LogP contribution in [0.15, 0.2) is 53.9 Å². The summed E-state index contributed by atoms with van der Waals surface area (Å²) in [7, 11) is 0. The zero-order valence-corrected chi connectivity index (χ0v) is 16.4. The lowest BCUT2D eigenvalue weighted by molar-refractivity contribution is -0.118. The minimum Gasteiger partial charge on any atom is -0.355 e. The first kappa shape index (κ1) is 19.1. The van der Waals surface area contributed by atoms with Gasteiger partial charge in [-0.15, -0.1) is 10.2 Å². The van der Waals surface area contributed by atoms with Gasteiger partial charge in [-0.3, -0.25) is 14.3 Å². The fourth-order valence-corrected chi connectivity index (χ4v) is 3.35. The molecule has 0 aliphatic carbocycles. The van der Waals surface area contributed by atoms with Gasteiger partial charge in [0.1, 0.15) is 0 Å². The third-order valence-electron chi connectivity index (χ3n) is 4.05.